The second kappa shape index (κ2) is 13.5. The van der Waals surface area contributed by atoms with Crippen LogP contribution in [0, 0.1) is 11.6 Å². The number of hydrogen-bond acceptors (Lipinski definition) is 4. The number of rotatable bonds is 11. The zero-order valence-electron chi connectivity index (χ0n) is 21.0. The van der Waals surface area contributed by atoms with Gasteiger partial charge in [0.05, 0.1) is 0 Å². The Balaban J connectivity index is 1.23. The van der Waals surface area contributed by atoms with Crippen molar-refractivity contribution in [1.29, 1.82) is 0 Å². The number of benzene rings is 4. The first-order valence-electron chi connectivity index (χ1n) is 12.2. The van der Waals surface area contributed by atoms with Crippen LogP contribution in [-0.2, 0) is 18.0 Å². The van der Waals surface area contributed by atoms with Gasteiger partial charge in [0.2, 0.25) is 0 Å². The first-order valence-corrected chi connectivity index (χ1v) is 12.2. The predicted octanol–water partition coefficient (Wildman–Crippen LogP) is 7.86. The lowest BCUT2D eigenvalue weighted by Gasteiger charge is -2.06. The Labute approximate surface area is 225 Å². The van der Waals surface area contributed by atoms with Crippen LogP contribution >= 0.6 is 0 Å². The molecule has 0 saturated heterocycles. The van der Waals surface area contributed by atoms with E-state index in [0.717, 1.165) is 28.3 Å². The highest BCUT2D eigenvalue weighted by Crippen LogP contribution is 2.17. The molecule has 0 aliphatic carbocycles. The van der Waals surface area contributed by atoms with E-state index in [-0.39, 0.29) is 23.2 Å². The summed E-state index contributed by atoms with van der Waals surface area (Å²) in [6.07, 6.45) is 7.26. The maximum Gasteiger partial charge on any atom is 0.182 e. The number of hydrogen-bond donors (Lipinski definition) is 1. The van der Waals surface area contributed by atoms with Crippen LogP contribution in [0.25, 0.3) is 12.2 Å². The Morgan fingerprint density at radius 3 is 1.46 bits per heavy atom. The average Bonchev–Trinajstić information content (AvgIpc) is 2.95. The van der Waals surface area contributed by atoms with Crippen LogP contribution in [0.5, 0.6) is 11.5 Å². The standard InChI is InChI=1S/C33H26F2O4/c34-28-11-1-26(2-12-28)22-38-32-17-7-24(8-18-32)5-15-30(36)21-31(37)16-6-25-9-19-33(20-10-25)39-23-27-3-13-29(35)14-4-27/h1-21,36H,22-23H2/b15-5+,16-6+,30-21-. The second-order valence-corrected chi connectivity index (χ2v) is 8.61. The molecule has 0 bridgehead atoms. The van der Waals surface area contributed by atoms with E-state index in [1.54, 1.807) is 72.8 Å². The van der Waals surface area contributed by atoms with Gasteiger partial charge in [0, 0.05) is 6.08 Å². The van der Waals surface area contributed by atoms with Crippen molar-refractivity contribution in [3.8, 4) is 11.5 Å². The van der Waals surface area contributed by atoms with Crippen LogP contribution in [-0.4, -0.2) is 10.9 Å². The summed E-state index contributed by atoms with van der Waals surface area (Å²) in [5.41, 5.74) is 3.33. The van der Waals surface area contributed by atoms with Crippen LogP contribution in [0.3, 0.4) is 0 Å². The summed E-state index contributed by atoms with van der Waals surface area (Å²) < 4.78 is 37.3. The number of ether oxygens (including phenoxy) is 2. The van der Waals surface area contributed by atoms with Crippen molar-refractivity contribution in [1.82, 2.24) is 0 Å². The van der Waals surface area contributed by atoms with E-state index in [1.807, 2.05) is 12.1 Å². The van der Waals surface area contributed by atoms with E-state index >= 15 is 0 Å². The van der Waals surface area contributed by atoms with E-state index in [2.05, 4.69) is 0 Å². The van der Waals surface area contributed by atoms with Crippen molar-refractivity contribution in [2.75, 3.05) is 0 Å². The van der Waals surface area contributed by atoms with E-state index in [1.165, 1.54) is 36.4 Å². The summed E-state index contributed by atoms with van der Waals surface area (Å²) in [5, 5.41) is 10.1. The van der Waals surface area contributed by atoms with Gasteiger partial charge in [0.25, 0.3) is 0 Å². The molecule has 196 valence electrons. The largest absolute Gasteiger partial charge is 0.508 e. The molecule has 0 spiro atoms. The van der Waals surface area contributed by atoms with Crippen LogP contribution in [0.4, 0.5) is 8.78 Å². The van der Waals surface area contributed by atoms with Crippen molar-refractivity contribution in [2.45, 2.75) is 13.2 Å². The van der Waals surface area contributed by atoms with Crippen LogP contribution < -0.4 is 9.47 Å². The number of ketones is 1. The molecule has 0 radical (unpaired) electrons. The fourth-order valence-electron chi connectivity index (χ4n) is 3.45. The number of aliphatic hydroxyl groups is 1. The van der Waals surface area contributed by atoms with Gasteiger partial charge in [-0.2, -0.15) is 0 Å². The SMILES string of the molecule is O=C(/C=C(O)/C=C/c1ccc(OCc2ccc(F)cc2)cc1)/C=C/c1ccc(OCc2ccc(F)cc2)cc1. The fourth-order valence-corrected chi connectivity index (χ4v) is 3.45. The Bertz CT molecular complexity index is 1450. The molecule has 4 rings (SSSR count). The minimum Gasteiger partial charge on any atom is -0.508 e. The summed E-state index contributed by atoms with van der Waals surface area (Å²) in [6, 6.07) is 26.6. The highest BCUT2D eigenvalue weighted by Gasteiger charge is 2.00. The monoisotopic (exact) mass is 524 g/mol. The van der Waals surface area contributed by atoms with Gasteiger partial charge in [-0.3, -0.25) is 4.79 Å². The van der Waals surface area contributed by atoms with E-state index in [0.29, 0.717) is 24.7 Å². The lowest BCUT2D eigenvalue weighted by Crippen LogP contribution is -1.95. The Kier molecular flexibility index (Phi) is 9.40. The molecule has 0 amide bonds. The van der Waals surface area contributed by atoms with Gasteiger partial charge < -0.3 is 14.6 Å². The van der Waals surface area contributed by atoms with Gasteiger partial charge in [-0.05, 0) is 82.9 Å². The average molecular weight is 525 g/mol. The molecular weight excluding hydrogens is 498 g/mol. The van der Waals surface area contributed by atoms with Gasteiger partial charge in [-0.1, -0.05) is 60.7 Å². The summed E-state index contributed by atoms with van der Waals surface area (Å²) in [6.45, 7) is 0.644. The van der Waals surface area contributed by atoms with Gasteiger partial charge in [0.15, 0.2) is 5.78 Å². The van der Waals surface area contributed by atoms with Crippen molar-refractivity contribution < 1.29 is 28.2 Å². The number of allylic oxidation sites excluding steroid dienone is 3. The van der Waals surface area contributed by atoms with Crippen molar-refractivity contribution in [2.24, 2.45) is 0 Å². The van der Waals surface area contributed by atoms with Gasteiger partial charge in [0.1, 0.15) is 42.1 Å². The Morgan fingerprint density at radius 2 is 1.03 bits per heavy atom. The Morgan fingerprint density at radius 1 is 0.615 bits per heavy atom. The van der Waals surface area contributed by atoms with Crippen molar-refractivity contribution >= 4 is 17.9 Å². The third kappa shape index (κ3) is 9.13. The van der Waals surface area contributed by atoms with Gasteiger partial charge in [-0.15, -0.1) is 0 Å². The van der Waals surface area contributed by atoms with Crippen LogP contribution in [0.15, 0.2) is 121 Å². The summed E-state index contributed by atoms with van der Waals surface area (Å²) in [7, 11) is 0. The molecule has 0 unspecified atom stereocenters. The van der Waals surface area contributed by atoms with Crippen LogP contribution in [0.1, 0.15) is 22.3 Å². The lowest BCUT2D eigenvalue weighted by molar-refractivity contribution is -0.110. The topological polar surface area (TPSA) is 55.8 Å². The molecule has 0 atom stereocenters. The minimum absolute atomic E-state index is 0.175. The van der Waals surface area contributed by atoms with E-state index < -0.39 is 0 Å². The third-order valence-corrected chi connectivity index (χ3v) is 5.57. The van der Waals surface area contributed by atoms with Gasteiger partial charge in [-0.25, -0.2) is 8.78 Å². The Hall–Kier alpha value is -4.97. The normalized spacial score (nSPS) is 11.7. The maximum absolute atomic E-state index is 13.0. The lowest BCUT2D eigenvalue weighted by atomic mass is 10.1. The summed E-state index contributed by atoms with van der Waals surface area (Å²) in [4.78, 5) is 12.2. The number of aliphatic hydroxyl groups excluding tert-OH is 1. The molecular formula is C33H26F2O4. The van der Waals surface area contributed by atoms with Crippen molar-refractivity contribution in [3.63, 3.8) is 0 Å². The molecule has 1 N–H and O–H groups in total. The first-order chi connectivity index (χ1) is 18.9. The smallest absolute Gasteiger partial charge is 0.182 e. The van der Waals surface area contributed by atoms with Crippen molar-refractivity contribution in [3.05, 3.63) is 155 Å². The molecule has 39 heavy (non-hydrogen) atoms. The fraction of sp³-hybridized carbons (Fsp3) is 0.0606. The molecule has 4 aromatic rings. The molecule has 0 saturated carbocycles. The van der Waals surface area contributed by atoms with E-state index in [9.17, 15) is 18.7 Å². The zero-order chi connectivity index (χ0) is 27.5. The number of carbonyl (C=O) groups excluding carboxylic acids is 1. The molecule has 6 heteroatoms. The quantitative estimate of drug-likeness (QED) is 0.123. The number of halogens is 2. The molecule has 0 aromatic heterocycles. The molecule has 0 aliphatic rings. The highest BCUT2D eigenvalue weighted by molar-refractivity contribution is 6.02. The first kappa shape index (κ1) is 27.1. The molecule has 4 nitrogen and oxygen atoms in total. The van der Waals surface area contributed by atoms with E-state index in [4.69, 9.17) is 9.47 Å². The summed E-state index contributed by atoms with van der Waals surface area (Å²) >= 11 is 0. The van der Waals surface area contributed by atoms with Crippen LogP contribution in [0.2, 0.25) is 0 Å². The molecule has 0 fully saturated rings. The minimum atomic E-state index is -0.363. The summed E-state index contributed by atoms with van der Waals surface area (Å²) in [5.74, 6) is 0.189. The van der Waals surface area contributed by atoms with Gasteiger partial charge >= 0.3 is 0 Å². The molecule has 0 aliphatic heterocycles. The highest BCUT2D eigenvalue weighted by atomic mass is 19.1. The number of carbonyl (C=O) groups is 1. The predicted molar refractivity (Wildman–Crippen MR) is 148 cm³/mol. The second-order valence-electron chi connectivity index (χ2n) is 8.61. The third-order valence-electron chi connectivity index (χ3n) is 5.57. The molecule has 4 aromatic carbocycles. The maximum atomic E-state index is 13.0. The zero-order valence-corrected chi connectivity index (χ0v) is 21.0. The molecule has 0 heterocycles.